The first-order valence-electron chi connectivity index (χ1n) is 12.2. The van der Waals surface area contributed by atoms with E-state index >= 15 is 0 Å². The molecule has 0 amide bonds. The number of phenolic OH excluding ortho intramolecular Hbond substituents is 1. The van der Waals surface area contributed by atoms with E-state index in [1.165, 1.54) is 0 Å². The number of hydrogen-bond donors (Lipinski definition) is 2. The molecule has 2 N–H and O–H groups in total. The molecule has 0 aliphatic carbocycles. The average molecular weight is 573 g/mol. The van der Waals surface area contributed by atoms with Gasteiger partial charge in [-0.25, -0.2) is 4.79 Å². The van der Waals surface area contributed by atoms with E-state index in [2.05, 4.69) is 0 Å². The van der Waals surface area contributed by atoms with Crippen molar-refractivity contribution >= 4 is 28.7 Å². The molecular formula is C29H38BrN3O4. The summed E-state index contributed by atoms with van der Waals surface area (Å²) in [5.41, 5.74) is 2.93. The normalized spacial score (nSPS) is 11.6. The Kier molecular flexibility index (Phi) is 9.36. The van der Waals surface area contributed by atoms with Crippen LogP contribution in [0.5, 0.6) is 5.75 Å². The lowest BCUT2D eigenvalue weighted by atomic mass is 9.78. The molecule has 2 aromatic carbocycles. The second-order valence-electron chi connectivity index (χ2n) is 11.1. The Balaban J connectivity index is 0.00000481. The monoisotopic (exact) mass is 571 g/mol. The number of esters is 1. The Labute approximate surface area is 229 Å². The number of rotatable bonds is 7. The third-order valence-electron chi connectivity index (χ3n) is 6.15. The molecular weight excluding hydrogens is 534 g/mol. The molecule has 0 radical (unpaired) electrons. The first kappa shape index (κ1) is 30.1. The van der Waals surface area contributed by atoms with Crippen molar-refractivity contribution in [2.45, 2.75) is 72.4 Å². The van der Waals surface area contributed by atoms with Crippen molar-refractivity contribution in [1.82, 2.24) is 9.13 Å². The lowest BCUT2D eigenvalue weighted by molar-refractivity contribution is 0.0526. The molecule has 1 aromatic heterocycles. The Morgan fingerprint density at radius 3 is 1.89 bits per heavy atom. The summed E-state index contributed by atoms with van der Waals surface area (Å²) < 4.78 is 8.36. The van der Waals surface area contributed by atoms with Gasteiger partial charge in [-0.15, -0.1) is 17.0 Å². The van der Waals surface area contributed by atoms with Crippen LogP contribution >= 0.6 is 17.0 Å². The minimum Gasteiger partial charge on any atom is -0.507 e. The number of nitrogens with one attached hydrogen (secondary N) is 1. The largest absolute Gasteiger partial charge is 0.507 e. The van der Waals surface area contributed by atoms with Crippen LogP contribution in [0.1, 0.15) is 85.9 Å². The highest BCUT2D eigenvalue weighted by atomic mass is 79.9. The fourth-order valence-electron chi connectivity index (χ4n) is 4.06. The molecule has 8 heteroatoms. The summed E-state index contributed by atoms with van der Waals surface area (Å²) in [7, 11) is 0. The zero-order valence-corrected chi connectivity index (χ0v) is 24.4. The molecule has 3 aromatic rings. The van der Waals surface area contributed by atoms with Crippen LogP contribution in [-0.2, 0) is 28.7 Å². The zero-order valence-electron chi connectivity index (χ0n) is 22.7. The van der Waals surface area contributed by atoms with Gasteiger partial charge in [-0.3, -0.25) is 10.2 Å². The van der Waals surface area contributed by atoms with E-state index in [1.54, 1.807) is 52.7 Å². The van der Waals surface area contributed by atoms with E-state index in [4.69, 9.17) is 10.1 Å². The number of imidazole rings is 1. The van der Waals surface area contributed by atoms with Crippen molar-refractivity contribution in [2.75, 3.05) is 6.61 Å². The number of phenols is 1. The number of benzene rings is 2. The first-order chi connectivity index (χ1) is 16.7. The van der Waals surface area contributed by atoms with Gasteiger partial charge in [0.2, 0.25) is 5.62 Å². The van der Waals surface area contributed by atoms with Gasteiger partial charge in [-0.1, -0.05) is 53.7 Å². The van der Waals surface area contributed by atoms with E-state index in [-0.39, 0.29) is 57.5 Å². The van der Waals surface area contributed by atoms with Crippen LogP contribution in [0.15, 0.2) is 48.8 Å². The van der Waals surface area contributed by atoms with Gasteiger partial charge >= 0.3 is 5.97 Å². The van der Waals surface area contributed by atoms with Crippen LogP contribution in [-0.4, -0.2) is 32.6 Å². The number of halogens is 1. The smallest absolute Gasteiger partial charge is 0.338 e. The van der Waals surface area contributed by atoms with Crippen molar-refractivity contribution in [3.63, 3.8) is 0 Å². The number of carbonyl (C=O) groups excluding carboxylic acids is 2. The van der Waals surface area contributed by atoms with Gasteiger partial charge in [-0.05, 0) is 47.6 Å². The van der Waals surface area contributed by atoms with Gasteiger partial charge < -0.3 is 19.0 Å². The maximum atomic E-state index is 13.3. The number of hydrogen-bond acceptors (Lipinski definition) is 5. The number of Topliss-reactive ketones (excluding diaryl/α,β-unsaturated/α-hetero) is 1. The average Bonchev–Trinajstić information content (AvgIpc) is 3.11. The lowest BCUT2D eigenvalue weighted by Crippen LogP contribution is -2.27. The van der Waals surface area contributed by atoms with Gasteiger partial charge in [-0.2, -0.15) is 0 Å². The highest BCUT2D eigenvalue weighted by Crippen LogP contribution is 2.39. The number of ether oxygens (including phenoxy) is 1. The minimum atomic E-state index is -0.360. The van der Waals surface area contributed by atoms with E-state index in [0.29, 0.717) is 24.3 Å². The summed E-state index contributed by atoms with van der Waals surface area (Å²) in [6.07, 6.45) is 3.50. The van der Waals surface area contributed by atoms with Crippen molar-refractivity contribution in [3.8, 4) is 5.75 Å². The number of carbonyl (C=O) groups is 2. The predicted octanol–water partition coefficient (Wildman–Crippen LogP) is 5.76. The van der Waals surface area contributed by atoms with Gasteiger partial charge in [0, 0.05) is 29.1 Å². The summed E-state index contributed by atoms with van der Waals surface area (Å²) in [5.74, 6) is -0.248. The molecule has 0 saturated carbocycles. The summed E-state index contributed by atoms with van der Waals surface area (Å²) >= 11 is 0. The fraction of sp³-hybridized carbons (Fsp3) is 0.414. The Hall–Kier alpha value is -3.13. The Morgan fingerprint density at radius 1 is 0.892 bits per heavy atom. The number of aromatic nitrogens is 2. The van der Waals surface area contributed by atoms with E-state index < -0.39 is 0 Å². The Bertz CT molecular complexity index is 1290. The number of aromatic hydroxyl groups is 1. The summed E-state index contributed by atoms with van der Waals surface area (Å²) in [5, 5.41) is 19.5. The van der Waals surface area contributed by atoms with Gasteiger partial charge in [0.1, 0.15) is 5.75 Å². The highest BCUT2D eigenvalue weighted by Gasteiger charge is 2.28. The topological polar surface area (TPSA) is 97.3 Å². The third-order valence-corrected chi connectivity index (χ3v) is 6.15. The fourth-order valence-corrected chi connectivity index (χ4v) is 4.06. The summed E-state index contributed by atoms with van der Waals surface area (Å²) in [4.78, 5) is 25.2. The van der Waals surface area contributed by atoms with Crippen LogP contribution in [0.4, 0.5) is 0 Å². The van der Waals surface area contributed by atoms with Crippen molar-refractivity contribution in [2.24, 2.45) is 0 Å². The number of nitrogens with zero attached hydrogens (tertiary/aromatic N) is 2. The molecule has 37 heavy (non-hydrogen) atoms. The number of ketones is 1. The lowest BCUT2D eigenvalue weighted by Gasteiger charge is -2.28. The van der Waals surface area contributed by atoms with Gasteiger partial charge in [0.25, 0.3) is 0 Å². The van der Waals surface area contributed by atoms with Crippen molar-refractivity contribution < 1.29 is 19.4 Å². The van der Waals surface area contributed by atoms with Gasteiger partial charge in [0.15, 0.2) is 5.78 Å². The molecule has 0 aliphatic rings. The quantitative estimate of drug-likeness (QED) is 0.278. The van der Waals surface area contributed by atoms with Crippen LogP contribution in [0.3, 0.4) is 0 Å². The summed E-state index contributed by atoms with van der Waals surface area (Å²) in [6, 6.07) is 10.6. The molecule has 3 rings (SSSR count). The molecule has 1 heterocycles. The molecule has 7 nitrogen and oxygen atoms in total. The second-order valence-corrected chi connectivity index (χ2v) is 11.1. The van der Waals surface area contributed by atoms with Crippen LogP contribution in [0, 0.1) is 5.41 Å². The second kappa shape index (κ2) is 11.5. The molecule has 0 saturated heterocycles. The Morgan fingerprint density at radius 2 is 1.41 bits per heavy atom. The van der Waals surface area contributed by atoms with Crippen molar-refractivity contribution in [3.05, 3.63) is 82.2 Å². The van der Waals surface area contributed by atoms with Crippen LogP contribution in [0.25, 0.3) is 0 Å². The molecule has 200 valence electrons. The zero-order chi connectivity index (χ0) is 26.8. The van der Waals surface area contributed by atoms with Crippen molar-refractivity contribution in [1.29, 1.82) is 5.41 Å². The SMILES string of the molecule is Br.CCOC(=O)c1ccc(Cn2ccn(CC(=O)c3cc(C(C)(C)C)c(O)c(C(C)(C)C)c3)c2=N)cc1. The van der Waals surface area contributed by atoms with E-state index in [0.717, 1.165) is 16.7 Å². The molecule has 0 atom stereocenters. The van der Waals surface area contributed by atoms with E-state index in [1.807, 2.05) is 53.7 Å². The van der Waals surface area contributed by atoms with E-state index in [9.17, 15) is 14.7 Å². The van der Waals surface area contributed by atoms with Crippen LogP contribution < -0.4 is 5.62 Å². The highest BCUT2D eigenvalue weighted by molar-refractivity contribution is 8.93. The maximum absolute atomic E-state index is 13.3. The third kappa shape index (κ3) is 7.01. The first-order valence-corrected chi connectivity index (χ1v) is 12.2. The van der Waals surface area contributed by atoms with Gasteiger partial charge in [0.05, 0.1) is 25.3 Å². The molecule has 0 unspecified atom stereocenters. The van der Waals surface area contributed by atoms with Crippen LogP contribution in [0.2, 0.25) is 0 Å². The molecule has 0 bridgehead atoms. The molecule has 0 aliphatic heterocycles. The minimum absolute atomic E-state index is 0. The maximum Gasteiger partial charge on any atom is 0.338 e. The molecule has 0 fully saturated rings. The molecule has 0 spiro atoms. The standard InChI is InChI=1S/C29H37N3O4.BrH/c1-8-36-26(35)20-11-9-19(10-12-20)17-31-13-14-32(27(31)30)18-24(33)21-15-22(28(2,3)4)25(34)23(16-21)29(5,6)7;/h9-16,30,34H,8,17-18H2,1-7H3;1H. The predicted molar refractivity (Wildman–Crippen MR) is 150 cm³/mol. The summed E-state index contributed by atoms with van der Waals surface area (Å²) in [6.45, 7) is 14.6.